The molecule has 17 nitrogen and oxygen atoms in total. The van der Waals surface area contributed by atoms with Crippen molar-refractivity contribution in [2.45, 2.75) is 387 Å². The molecule has 0 radical (unpaired) electrons. The van der Waals surface area contributed by atoms with Crippen LogP contribution in [0.25, 0.3) is 0 Å². The van der Waals surface area contributed by atoms with Crippen molar-refractivity contribution in [3.8, 4) is 0 Å². The zero-order chi connectivity index (χ0) is 67.2. The second-order valence-electron chi connectivity index (χ2n) is 26.7. The van der Waals surface area contributed by atoms with Crippen LogP contribution in [0.2, 0.25) is 0 Å². The maximum atomic E-state index is 13.0. The third-order valence-electron chi connectivity index (χ3n) is 17.1. The number of esters is 4. The molecule has 0 spiro atoms. The minimum Gasteiger partial charge on any atom is -0.462 e. The number of phosphoric acid groups is 2. The van der Waals surface area contributed by atoms with Crippen LogP contribution in [-0.2, 0) is 65.4 Å². The fourth-order valence-corrected chi connectivity index (χ4v) is 12.5. The summed E-state index contributed by atoms with van der Waals surface area (Å²) in [6, 6.07) is 0. The van der Waals surface area contributed by atoms with Crippen molar-refractivity contribution < 1.29 is 80.2 Å². The van der Waals surface area contributed by atoms with Gasteiger partial charge in [-0.3, -0.25) is 37.3 Å². The lowest BCUT2D eigenvalue weighted by Crippen LogP contribution is -2.30. The van der Waals surface area contributed by atoms with Crippen LogP contribution in [-0.4, -0.2) is 96.7 Å². The van der Waals surface area contributed by atoms with E-state index in [1.165, 1.54) is 180 Å². The predicted molar refractivity (Wildman–Crippen MR) is 368 cm³/mol. The molecule has 540 valence electrons. The van der Waals surface area contributed by atoms with Gasteiger partial charge in [0.1, 0.15) is 19.3 Å². The van der Waals surface area contributed by atoms with Gasteiger partial charge in [0, 0.05) is 25.7 Å². The number of rotatable bonds is 71. The maximum absolute atomic E-state index is 13.0. The molecule has 6 atom stereocenters. The normalized spacial score (nSPS) is 14.4. The van der Waals surface area contributed by atoms with Crippen LogP contribution < -0.4 is 0 Å². The van der Waals surface area contributed by atoms with Gasteiger partial charge in [-0.2, -0.15) is 0 Å². The number of phosphoric ester groups is 2. The lowest BCUT2D eigenvalue weighted by molar-refractivity contribution is -0.161. The summed E-state index contributed by atoms with van der Waals surface area (Å²) < 4.78 is 68.3. The molecule has 0 bridgehead atoms. The average Bonchev–Trinajstić information content (AvgIpc) is 3.60. The molecule has 0 heterocycles. The molecular weight excluding hydrogens is 1200 g/mol. The Bertz CT molecular complexity index is 1770. The first kappa shape index (κ1) is 89.1. The predicted octanol–water partition coefficient (Wildman–Crippen LogP) is 20.8. The molecule has 0 aliphatic carbocycles. The fraction of sp³-hybridized carbons (Fsp3) is 0.944. The number of unbranched alkanes of at least 4 members (excludes halogenated alkanes) is 40. The van der Waals surface area contributed by atoms with E-state index < -0.39 is 97.5 Å². The molecule has 0 saturated heterocycles. The van der Waals surface area contributed by atoms with Crippen molar-refractivity contribution >= 4 is 39.5 Å². The third kappa shape index (κ3) is 65.1. The smallest absolute Gasteiger partial charge is 0.462 e. The molecule has 91 heavy (non-hydrogen) atoms. The zero-order valence-electron chi connectivity index (χ0n) is 59.1. The van der Waals surface area contributed by atoms with Crippen molar-refractivity contribution in [3.05, 3.63) is 0 Å². The van der Waals surface area contributed by atoms with Crippen LogP contribution in [0.4, 0.5) is 0 Å². The van der Waals surface area contributed by atoms with E-state index in [1.54, 1.807) is 0 Å². The van der Waals surface area contributed by atoms with E-state index in [2.05, 4.69) is 41.5 Å². The van der Waals surface area contributed by atoms with Gasteiger partial charge in [0.15, 0.2) is 12.2 Å². The van der Waals surface area contributed by atoms with E-state index in [0.29, 0.717) is 25.7 Å². The van der Waals surface area contributed by atoms with E-state index in [9.17, 15) is 43.2 Å². The van der Waals surface area contributed by atoms with E-state index >= 15 is 0 Å². The van der Waals surface area contributed by atoms with Gasteiger partial charge < -0.3 is 33.8 Å². The van der Waals surface area contributed by atoms with Gasteiger partial charge in [-0.1, -0.05) is 318 Å². The Hall–Kier alpha value is -1.94. The zero-order valence-corrected chi connectivity index (χ0v) is 60.9. The van der Waals surface area contributed by atoms with Crippen molar-refractivity contribution in [2.24, 2.45) is 11.8 Å². The van der Waals surface area contributed by atoms with E-state index in [1.807, 2.05) is 0 Å². The van der Waals surface area contributed by atoms with E-state index in [0.717, 1.165) is 108 Å². The number of aliphatic hydroxyl groups is 1. The van der Waals surface area contributed by atoms with Gasteiger partial charge >= 0.3 is 39.5 Å². The van der Waals surface area contributed by atoms with Crippen LogP contribution in [0.15, 0.2) is 0 Å². The molecule has 0 amide bonds. The van der Waals surface area contributed by atoms with Crippen LogP contribution in [0.1, 0.15) is 369 Å². The minimum atomic E-state index is -4.95. The Balaban J connectivity index is 5.20. The standard InChI is InChI=1S/C72H140O17P2/c1-7-10-12-14-16-18-19-20-21-22-23-24-25-26-27-30-38-44-50-56-71(76)88-68(61-83-70(75)55-49-43-37-31-28-29-34-40-46-52-64(4)5)63-87-91(80,81)85-59-66(73)58-84-90(78,79)86-62-67(60-82-69(74)54-48-42-36-17-15-13-11-8-2)89-72(77)57-51-45-39-33-32-35-41-47-53-65(6)9-3/h64-68,73H,7-63H2,1-6H3,(H,78,79)(H,80,81)/t65?,66-,67+,68+/m0/s1. The molecule has 0 aliphatic heterocycles. The lowest BCUT2D eigenvalue weighted by Gasteiger charge is -2.21. The highest BCUT2D eigenvalue weighted by molar-refractivity contribution is 7.47. The third-order valence-corrected chi connectivity index (χ3v) is 19.0. The van der Waals surface area contributed by atoms with Crippen LogP contribution >= 0.6 is 15.6 Å². The topological polar surface area (TPSA) is 237 Å². The highest BCUT2D eigenvalue weighted by Gasteiger charge is 2.30. The van der Waals surface area contributed by atoms with Crippen LogP contribution in [0.3, 0.4) is 0 Å². The first-order chi connectivity index (χ1) is 43.9. The van der Waals surface area contributed by atoms with Gasteiger partial charge in [0.2, 0.25) is 0 Å². The van der Waals surface area contributed by atoms with Gasteiger partial charge in [0.25, 0.3) is 0 Å². The number of hydrogen-bond donors (Lipinski definition) is 3. The van der Waals surface area contributed by atoms with Gasteiger partial charge in [0.05, 0.1) is 26.4 Å². The molecule has 0 aromatic carbocycles. The number of hydrogen-bond acceptors (Lipinski definition) is 15. The molecule has 0 aliphatic rings. The van der Waals surface area contributed by atoms with Crippen molar-refractivity contribution in [1.82, 2.24) is 0 Å². The Morgan fingerprint density at radius 2 is 0.560 bits per heavy atom. The number of aliphatic hydroxyl groups excluding tert-OH is 1. The second-order valence-corrected chi connectivity index (χ2v) is 29.6. The molecule has 3 unspecified atom stereocenters. The summed E-state index contributed by atoms with van der Waals surface area (Å²) in [5.74, 6) is -0.612. The first-order valence-electron chi connectivity index (χ1n) is 37.5. The highest BCUT2D eigenvalue weighted by Crippen LogP contribution is 2.45. The monoisotopic (exact) mass is 1340 g/mol. The van der Waals surface area contributed by atoms with Gasteiger partial charge in [-0.15, -0.1) is 0 Å². The quantitative estimate of drug-likeness (QED) is 0.0222. The first-order valence-corrected chi connectivity index (χ1v) is 40.5. The Labute approximate surface area is 556 Å². The van der Waals surface area contributed by atoms with Gasteiger partial charge in [-0.25, -0.2) is 9.13 Å². The summed E-state index contributed by atoms with van der Waals surface area (Å²) in [6.45, 7) is 9.51. The largest absolute Gasteiger partial charge is 0.472 e. The number of ether oxygens (including phenoxy) is 4. The Morgan fingerprint density at radius 3 is 0.835 bits per heavy atom. The summed E-state index contributed by atoms with van der Waals surface area (Å²) in [5, 5.41) is 10.6. The Kier molecular flexibility index (Phi) is 62.7. The fourth-order valence-electron chi connectivity index (χ4n) is 10.9. The van der Waals surface area contributed by atoms with Crippen LogP contribution in [0, 0.1) is 11.8 Å². The molecule has 19 heteroatoms. The summed E-state index contributed by atoms with van der Waals surface area (Å²) in [5.41, 5.74) is 0. The number of carbonyl (C=O) groups is 4. The molecule has 0 saturated carbocycles. The van der Waals surface area contributed by atoms with E-state index in [-0.39, 0.29) is 25.7 Å². The number of carbonyl (C=O) groups excluding carboxylic acids is 4. The lowest BCUT2D eigenvalue weighted by atomic mass is 9.99. The second kappa shape index (κ2) is 64.1. The minimum absolute atomic E-state index is 0.105. The summed E-state index contributed by atoms with van der Waals surface area (Å²) in [7, 11) is -9.90. The molecule has 0 aromatic heterocycles. The summed E-state index contributed by atoms with van der Waals surface area (Å²) >= 11 is 0. The van der Waals surface area contributed by atoms with Crippen molar-refractivity contribution in [1.29, 1.82) is 0 Å². The highest BCUT2D eigenvalue weighted by atomic mass is 31.2. The summed E-state index contributed by atoms with van der Waals surface area (Å²) in [4.78, 5) is 72.5. The van der Waals surface area contributed by atoms with Crippen LogP contribution in [0.5, 0.6) is 0 Å². The SMILES string of the molecule is CCCCCCCCCCCCCCCCCCCCCC(=O)O[C@H](COC(=O)CCCCCCCCCCCC(C)C)COP(=O)(O)OC[C@@H](O)COP(=O)(O)OC[C@@H](COC(=O)CCCCCCCCCC)OC(=O)CCCCCCCCCCC(C)CC. The Morgan fingerprint density at radius 1 is 0.319 bits per heavy atom. The molecule has 3 N–H and O–H groups in total. The maximum Gasteiger partial charge on any atom is 0.472 e. The molecule has 0 aromatic rings. The molecular formula is C72H140O17P2. The van der Waals surface area contributed by atoms with Crippen molar-refractivity contribution in [3.63, 3.8) is 0 Å². The summed E-state index contributed by atoms with van der Waals surface area (Å²) in [6.07, 6.45) is 50.0. The van der Waals surface area contributed by atoms with Gasteiger partial charge in [-0.05, 0) is 37.5 Å². The van der Waals surface area contributed by atoms with Crippen molar-refractivity contribution in [2.75, 3.05) is 39.6 Å². The van der Waals surface area contributed by atoms with E-state index in [4.69, 9.17) is 37.0 Å². The molecule has 0 rings (SSSR count). The molecule has 0 fully saturated rings. The average molecular weight is 1340 g/mol.